The minimum Gasteiger partial charge on any atom is -0.271 e. The van der Waals surface area contributed by atoms with E-state index in [2.05, 4.69) is 29.7 Å². The van der Waals surface area contributed by atoms with E-state index in [1.165, 1.54) is 30.2 Å². The van der Waals surface area contributed by atoms with E-state index in [-0.39, 0.29) is 6.04 Å². The maximum atomic E-state index is 5.80. The minimum absolute atomic E-state index is 0.0395. The average molecular weight is 267 g/mol. The van der Waals surface area contributed by atoms with Crippen molar-refractivity contribution in [2.24, 2.45) is 5.84 Å². The zero-order valence-electron chi connectivity index (χ0n) is 11.7. The molecule has 3 heteroatoms. The molecule has 1 unspecified atom stereocenters. The average Bonchev–Trinajstić information content (AvgIpc) is 2.77. The van der Waals surface area contributed by atoms with E-state index in [0.29, 0.717) is 0 Å². The topological polar surface area (TPSA) is 50.9 Å². The van der Waals surface area contributed by atoms with Crippen LogP contribution in [0.4, 0.5) is 0 Å². The number of pyridine rings is 1. The van der Waals surface area contributed by atoms with Gasteiger partial charge in [-0.25, -0.2) is 5.43 Å². The molecule has 1 atom stereocenters. The van der Waals surface area contributed by atoms with Gasteiger partial charge in [0.25, 0.3) is 0 Å². The maximum absolute atomic E-state index is 5.80. The molecule has 0 fully saturated rings. The number of para-hydroxylation sites is 1. The summed E-state index contributed by atoms with van der Waals surface area (Å²) >= 11 is 0. The molecule has 0 spiro atoms. The molecule has 2 aromatic rings. The van der Waals surface area contributed by atoms with Gasteiger partial charge in [-0.2, -0.15) is 0 Å². The fourth-order valence-corrected chi connectivity index (χ4v) is 2.93. The Morgan fingerprint density at radius 1 is 1.05 bits per heavy atom. The normalized spacial score (nSPS) is 17.6. The van der Waals surface area contributed by atoms with Gasteiger partial charge in [0.1, 0.15) is 0 Å². The molecule has 3 nitrogen and oxygen atoms in total. The van der Waals surface area contributed by atoms with Gasteiger partial charge in [-0.05, 0) is 37.8 Å². The minimum atomic E-state index is 0.0395. The molecule has 104 valence electrons. The monoisotopic (exact) mass is 267 g/mol. The Kier molecular flexibility index (Phi) is 4.09. The van der Waals surface area contributed by atoms with Crippen molar-refractivity contribution in [2.45, 2.75) is 38.1 Å². The second kappa shape index (κ2) is 6.16. The summed E-state index contributed by atoms with van der Waals surface area (Å²) in [6.45, 7) is 0. The lowest BCUT2D eigenvalue weighted by Crippen LogP contribution is -2.30. The van der Waals surface area contributed by atoms with Crippen molar-refractivity contribution in [1.82, 2.24) is 10.4 Å². The van der Waals surface area contributed by atoms with Crippen molar-refractivity contribution in [1.29, 1.82) is 0 Å². The second-order valence-electron chi connectivity index (χ2n) is 5.41. The number of benzene rings is 1. The fourth-order valence-electron chi connectivity index (χ4n) is 2.93. The van der Waals surface area contributed by atoms with Gasteiger partial charge in [-0.1, -0.05) is 42.3 Å². The third-order valence-corrected chi connectivity index (χ3v) is 4.03. The molecule has 1 aliphatic carbocycles. The van der Waals surface area contributed by atoms with E-state index in [1.807, 2.05) is 18.2 Å². The Balaban J connectivity index is 1.95. The lowest BCUT2D eigenvalue weighted by molar-refractivity contribution is 0.582. The summed E-state index contributed by atoms with van der Waals surface area (Å²) in [6, 6.07) is 12.4. The molecule has 1 aliphatic rings. The number of hydrogen-bond acceptors (Lipinski definition) is 3. The van der Waals surface area contributed by atoms with Crippen LogP contribution in [0, 0.1) is 0 Å². The summed E-state index contributed by atoms with van der Waals surface area (Å²) < 4.78 is 0. The summed E-state index contributed by atoms with van der Waals surface area (Å²) in [6.07, 6.45) is 8.45. The predicted molar refractivity (Wildman–Crippen MR) is 83.0 cm³/mol. The van der Waals surface area contributed by atoms with Crippen molar-refractivity contribution < 1.29 is 0 Å². The van der Waals surface area contributed by atoms with E-state index in [1.54, 1.807) is 0 Å². The van der Waals surface area contributed by atoms with Crippen LogP contribution in [0.1, 0.15) is 43.8 Å². The summed E-state index contributed by atoms with van der Waals surface area (Å²) in [5.74, 6) is 5.80. The first-order valence-electron chi connectivity index (χ1n) is 7.39. The lowest BCUT2D eigenvalue weighted by atomic mass is 9.98. The number of hydrazine groups is 1. The number of rotatable bonds is 3. The van der Waals surface area contributed by atoms with Crippen LogP contribution in [0.2, 0.25) is 0 Å². The molecule has 20 heavy (non-hydrogen) atoms. The molecule has 1 aromatic heterocycles. The Morgan fingerprint density at radius 3 is 2.85 bits per heavy atom. The molecule has 1 heterocycles. The molecule has 3 N–H and O–H groups in total. The maximum Gasteiger partial charge on any atom is 0.0841 e. The molecule has 0 bridgehead atoms. The van der Waals surface area contributed by atoms with E-state index in [0.717, 1.165) is 24.1 Å². The van der Waals surface area contributed by atoms with Crippen LogP contribution >= 0.6 is 0 Å². The fraction of sp³-hybridized carbons (Fsp3) is 0.353. The molecular formula is C17H21N3. The van der Waals surface area contributed by atoms with Crippen molar-refractivity contribution in [3.63, 3.8) is 0 Å². The molecular weight excluding hydrogens is 246 g/mol. The first-order chi connectivity index (χ1) is 9.88. The van der Waals surface area contributed by atoms with E-state index >= 15 is 0 Å². The number of allylic oxidation sites excluding steroid dienone is 1. The third kappa shape index (κ3) is 2.74. The van der Waals surface area contributed by atoms with Gasteiger partial charge >= 0.3 is 0 Å². The van der Waals surface area contributed by atoms with E-state index < -0.39 is 0 Å². The number of nitrogens with zero attached hydrogens (tertiary/aromatic N) is 1. The number of fused-ring (bicyclic) bond motifs is 1. The molecule has 0 aliphatic heterocycles. The molecule has 0 saturated heterocycles. The Labute approximate surface area is 119 Å². The number of nitrogens with two attached hydrogens (primary N) is 1. The summed E-state index contributed by atoms with van der Waals surface area (Å²) in [7, 11) is 0. The molecule has 0 radical (unpaired) electrons. The van der Waals surface area contributed by atoms with Crippen LogP contribution in [0.3, 0.4) is 0 Å². The van der Waals surface area contributed by atoms with Gasteiger partial charge in [0, 0.05) is 5.39 Å². The zero-order valence-corrected chi connectivity index (χ0v) is 11.7. The highest BCUT2D eigenvalue weighted by Gasteiger charge is 2.17. The van der Waals surface area contributed by atoms with Crippen LogP contribution in [0.15, 0.2) is 48.0 Å². The van der Waals surface area contributed by atoms with Gasteiger partial charge in [0.15, 0.2) is 0 Å². The Hall–Kier alpha value is -1.71. The first-order valence-corrected chi connectivity index (χ1v) is 7.39. The summed E-state index contributed by atoms with van der Waals surface area (Å²) in [5, 5.41) is 1.17. The second-order valence-corrected chi connectivity index (χ2v) is 5.41. The van der Waals surface area contributed by atoms with Gasteiger partial charge < -0.3 is 0 Å². The van der Waals surface area contributed by atoms with E-state index in [4.69, 9.17) is 10.8 Å². The SMILES string of the molecule is NNC(C1=CCCCCC1)c1ccc2ccccc2n1. The largest absolute Gasteiger partial charge is 0.271 e. The first kappa shape index (κ1) is 13.3. The van der Waals surface area contributed by atoms with Crippen LogP contribution in [-0.2, 0) is 0 Å². The quantitative estimate of drug-likeness (QED) is 0.507. The summed E-state index contributed by atoms with van der Waals surface area (Å²) in [5.41, 5.74) is 6.37. The highest BCUT2D eigenvalue weighted by atomic mass is 15.2. The third-order valence-electron chi connectivity index (χ3n) is 4.03. The highest BCUT2D eigenvalue weighted by molar-refractivity contribution is 5.78. The molecule has 0 saturated carbocycles. The van der Waals surface area contributed by atoms with Crippen LogP contribution in [0.25, 0.3) is 10.9 Å². The van der Waals surface area contributed by atoms with Gasteiger partial charge in [-0.15, -0.1) is 0 Å². The van der Waals surface area contributed by atoms with Crippen LogP contribution < -0.4 is 11.3 Å². The number of hydrogen-bond donors (Lipinski definition) is 2. The Bertz CT molecular complexity index is 618. The van der Waals surface area contributed by atoms with Gasteiger partial charge in [0.2, 0.25) is 0 Å². The molecule has 1 aromatic carbocycles. The highest BCUT2D eigenvalue weighted by Crippen LogP contribution is 2.28. The predicted octanol–water partition coefficient (Wildman–Crippen LogP) is 3.63. The van der Waals surface area contributed by atoms with Crippen LogP contribution in [0.5, 0.6) is 0 Å². The standard InChI is InChI=1S/C17H21N3/c18-20-17(14-8-3-1-2-4-9-14)16-12-11-13-7-5-6-10-15(13)19-16/h5-8,10-12,17,20H,1-4,9,18H2. The number of nitrogens with one attached hydrogen (secondary N) is 1. The van der Waals surface area contributed by atoms with Crippen molar-refractivity contribution in [2.75, 3.05) is 0 Å². The van der Waals surface area contributed by atoms with Crippen molar-refractivity contribution in [3.8, 4) is 0 Å². The van der Waals surface area contributed by atoms with Crippen molar-refractivity contribution >= 4 is 10.9 Å². The lowest BCUT2D eigenvalue weighted by Gasteiger charge is -2.19. The molecule has 3 rings (SSSR count). The van der Waals surface area contributed by atoms with Gasteiger partial charge in [-0.3, -0.25) is 10.8 Å². The smallest absolute Gasteiger partial charge is 0.0841 e. The van der Waals surface area contributed by atoms with Crippen LogP contribution in [-0.4, -0.2) is 4.98 Å². The summed E-state index contributed by atoms with van der Waals surface area (Å²) in [4.78, 5) is 4.77. The Morgan fingerprint density at radius 2 is 1.95 bits per heavy atom. The van der Waals surface area contributed by atoms with Crippen molar-refractivity contribution in [3.05, 3.63) is 53.7 Å². The number of aromatic nitrogens is 1. The molecule has 0 amide bonds. The zero-order chi connectivity index (χ0) is 13.8. The van der Waals surface area contributed by atoms with Gasteiger partial charge in [0.05, 0.1) is 17.3 Å². The van der Waals surface area contributed by atoms with E-state index in [9.17, 15) is 0 Å².